The SMILES string of the molecule is CCc1ccsc1C(NN)c1c(Cl)cnn1C. The lowest BCUT2D eigenvalue weighted by Crippen LogP contribution is -2.30. The molecule has 0 aromatic carbocycles. The minimum Gasteiger partial charge on any atom is -0.270 e. The first-order valence-electron chi connectivity index (χ1n) is 5.38. The average molecular weight is 271 g/mol. The van der Waals surface area contributed by atoms with Gasteiger partial charge >= 0.3 is 0 Å². The Kier molecular flexibility index (Phi) is 3.83. The van der Waals surface area contributed by atoms with Crippen molar-refractivity contribution in [2.45, 2.75) is 19.4 Å². The van der Waals surface area contributed by atoms with Crippen LogP contribution in [0.3, 0.4) is 0 Å². The minimum absolute atomic E-state index is 0.107. The van der Waals surface area contributed by atoms with Crippen LogP contribution in [0.25, 0.3) is 0 Å². The fourth-order valence-electron chi connectivity index (χ4n) is 1.92. The second kappa shape index (κ2) is 5.18. The molecule has 0 aliphatic heterocycles. The number of thiophene rings is 1. The van der Waals surface area contributed by atoms with Crippen molar-refractivity contribution in [1.29, 1.82) is 0 Å². The van der Waals surface area contributed by atoms with Crippen molar-refractivity contribution in [3.8, 4) is 0 Å². The topological polar surface area (TPSA) is 55.9 Å². The number of hydrogen-bond donors (Lipinski definition) is 2. The highest BCUT2D eigenvalue weighted by Crippen LogP contribution is 2.32. The Balaban J connectivity index is 2.47. The molecule has 0 radical (unpaired) electrons. The van der Waals surface area contributed by atoms with Crippen molar-refractivity contribution in [3.63, 3.8) is 0 Å². The van der Waals surface area contributed by atoms with Gasteiger partial charge in [-0.25, -0.2) is 5.43 Å². The molecule has 3 N–H and O–H groups in total. The number of nitrogens with zero attached hydrogens (tertiary/aromatic N) is 2. The Labute approximate surface area is 109 Å². The van der Waals surface area contributed by atoms with Crippen molar-refractivity contribution in [3.05, 3.63) is 38.8 Å². The maximum Gasteiger partial charge on any atom is 0.0987 e. The van der Waals surface area contributed by atoms with E-state index in [1.165, 1.54) is 10.4 Å². The van der Waals surface area contributed by atoms with Crippen LogP contribution in [-0.2, 0) is 13.5 Å². The van der Waals surface area contributed by atoms with E-state index in [0.29, 0.717) is 5.02 Å². The van der Waals surface area contributed by atoms with E-state index < -0.39 is 0 Å². The fourth-order valence-corrected chi connectivity index (χ4v) is 3.25. The first-order valence-corrected chi connectivity index (χ1v) is 6.64. The third-order valence-electron chi connectivity index (χ3n) is 2.80. The number of aromatic nitrogens is 2. The van der Waals surface area contributed by atoms with E-state index in [1.54, 1.807) is 22.2 Å². The van der Waals surface area contributed by atoms with Gasteiger partial charge in [-0.05, 0) is 23.4 Å². The van der Waals surface area contributed by atoms with E-state index in [-0.39, 0.29) is 6.04 Å². The maximum absolute atomic E-state index is 6.16. The summed E-state index contributed by atoms with van der Waals surface area (Å²) in [5.74, 6) is 5.67. The molecule has 6 heteroatoms. The largest absolute Gasteiger partial charge is 0.270 e. The summed E-state index contributed by atoms with van der Waals surface area (Å²) in [6, 6.07) is 2.01. The zero-order valence-corrected chi connectivity index (χ0v) is 11.3. The molecule has 0 saturated heterocycles. The van der Waals surface area contributed by atoms with Gasteiger partial charge in [-0.2, -0.15) is 5.10 Å². The molecule has 0 bridgehead atoms. The van der Waals surface area contributed by atoms with Gasteiger partial charge in [0.1, 0.15) is 0 Å². The first kappa shape index (κ1) is 12.6. The molecule has 1 atom stereocenters. The van der Waals surface area contributed by atoms with E-state index in [0.717, 1.165) is 12.1 Å². The average Bonchev–Trinajstić information content (AvgIpc) is 2.91. The van der Waals surface area contributed by atoms with Gasteiger partial charge in [-0.15, -0.1) is 11.3 Å². The van der Waals surface area contributed by atoms with E-state index in [9.17, 15) is 0 Å². The van der Waals surface area contributed by atoms with E-state index in [1.807, 2.05) is 7.05 Å². The number of halogens is 1. The quantitative estimate of drug-likeness (QED) is 0.662. The second-order valence-electron chi connectivity index (χ2n) is 3.76. The second-order valence-corrected chi connectivity index (χ2v) is 5.12. The van der Waals surface area contributed by atoms with Gasteiger partial charge in [0.2, 0.25) is 0 Å². The number of rotatable bonds is 4. The van der Waals surface area contributed by atoms with Gasteiger partial charge in [0, 0.05) is 11.9 Å². The molecule has 0 spiro atoms. The van der Waals surface area contributed by atoms with Gasteiger partial charge in [0.25, 0.3) is 0 Å². The molecule has 2 aromatic heterocycles. The molecule has 0 fully saturated rings. The normalized spacial score (nSPS) is 12.9. The molecule has 17 heavy (non-hydrogen) atoms. The molecule has 2 rings (SSSR count). The van der Waals surface area contributed by atoms with Crippen LogP contribution in [0.2, 0.25) is 5.02 Å². The number of hydrazine groups is 1. The third-order valence-corrected chi connectivity index (χ3v) is 4.12. The van der Waals surface area contributed by atoms with Gasteiger partial charge in [0.15, 0.2) is 0 Å². The standard InChI is InChI=1S/C11H15ClN4S/c1-3-7-4-5-17-11(7)9(15-13)10-8(12)6-14-16(10)2/h4-6,9,15H,3,13H2,1-2H3. The lowest BCUT2D eigenvalue weighted by atomic mass is 10.1. The zero-order chi connectivity index (χ0) is 12.4. The van der Waals surface area contributed by atoms with Crippen LogP contribution in [0.4, 0.5) is 0 Å². The Morgan fingerprint density at radius 1 is 1.65 bits per heavy atom. The van der Waals surface area contributed by atoms with E-state index in [2.05, 4.69) is 28.9 Å². The van der Waals surface area contributed by atoms with Crippen LogP contribution >= 0.6 is 22.9 Å². The van der Waals surface area contributed by atoms with Gasteiger partial charge in [0.05, 0.1) is 23.0 Å². The van der Waals surface area contributed by atoms with Crippen LogP contribution in [0.15, 0.2) is 17.6 Å². The summed E-state index contributed by atoms with van der Waals surface area (Å²) in [7, 11) is 1.87. The van der Waals surface area contributed by atoms with Crippen molar-refractivity contribution >= 4 is 22.9 Å². The lowest BCUT2D eigenvalue weighted by molar-refractivity contribution is 0.579. The monoisotopic (exact) mass is 270 g/mol. The molecular formula is C11H15ClN4S. The minimum atomic E-state index is -0.107. The van der Waals surface area contributed by atoms with Crippen molar-refractivity contribution in [2.24, 2.45) is 12.9 Å². The van der Waals surface area contributed by atoms with Crippen LogP contribution in [0.5, 0.6) is 0 Å². The summed E-state index contributed by atoms with van der Waals surface area (Å²) in [6.45, 7) is 2.13. The Hall–Kier alpha value is -0.880. The smallest absolute Gasteiger partial charge is 0.0987 e. The van der Waals surface area contributed by atoms with E-state index >= 15 is 0 Å². The zero-order valence-electron chi connectivity index (χ0n) is 9.77. The maximum atomic E-state index is 6.16. The fraction of sp³-hybridized carbons (Fsp3) is 0.364. The predicted molar refractivity (Wildman–Crippen MR) is 71.1 cm³/mol. The summed E-state index contributed by atoms with van der Waals surface area (Å²) >= 11 is 7.84. The molecule has 92 valence electrons. The number of aryl methyl sites for hydroxylation is 2. The van der Waals surface area contributed by atoms with Crippen molar-refractivity contribution in [1.82, 2.24) is 15.2 Å². The summed E-state index contributed by atoms with van der Waals surface area (Å²) in [5.41, 5.74) is 5.01. The van der Waals surface area contributed by atoms with Gasteiger partial charge < -0.3 is 0 Å². The molecule has 0 aliphatic carbocycles. The molecule has 0 aliphatic rings. The summed E-state index contributed by atoms with van der Waals surface area (Å²) in [4.78, 5) is 1.19. The molecule has 0 saturated carbocycles. The molecule has 4 nitrogen and oxygen atoms in total. The Morgan fingerprint density at radius 2 is 2.41 bits per heavy atom. The molecule has 2 aromatic rings. The highest BCUT2D eigenvalue weighted by atomic mass is 35.5. The van der Waals surface area contributed by atoms with Crippen molar-refractivity contribution < 1.29 is 0 Å². The van der Waals surface area contributed by atoms with E-state index in [4.69, 9.17) is 17.4 Å². The highest BCUT2D eigenvalue weighted by molar-refractivity contribution is 7.10. The molecule has 1 unspecified atom stereocenters. The molecular weight excluding hydrogens is 256 g/mol. The first-order chi connectivity index (χ1) is 8.19. The number of nitrogens with one attached hydrogen (secondary N) is 1. The summed E-state index contributed by atoms with van der Waals surface area (Å²) in [6.07, 6.45) is 2.62. The van der Waals surface area contributed by atoms with Crippen LogP contribution in [0.1, 0.15) is 29.1 Å². The Morgan fingerprint density at radius 3 is 2.94 bits per heavy atom. The summed E-state index contributed by atoms with van der Waals surface area (Å²) < 4.78 is 1.76. The van der Waals surface area contributed by atoms with Crippen LogP contribution in [-0.4, -0.2) is 9.78 Å². The molecule has 2 heterocycles. The van der Waals surface area contributed by atoms with Gasteiger partial charge in [-0.3, -0.25) is 10.5 Å². The van der Waals surface area contributed by atoms with Gasteiger partial charge in [-0.1, -0.05) is 18.5 Å². The van der Waals surface area contributed by atoms with Crippen LogP contribution in [0, 0.1) is 0 Å². The number of nitrogens with two attached hydrogens (primary N) is 1. The van der Waals surface area contributed by atoms with Crippen LogP contribution < -0.4 is 11.3 Å². The highest BCUT2D eigenvalue weighted by Gasteiger charge is 2.22. The summed E-state index contributed by atoms with van der Waals surface area (Å²) in [5, 5.41) is 6.85. The third kappa shape index (κ3) is 2.24. The number of hydrogen-bond acceptors (Lipinski definition) is 4. The van der Waals surface area contributed by atoms with Crippen molar-refractivity contribution in [2.75, 3.05) is 0 Å². The predicted octanol–water partition coefficient (Wildman–Crippen LogP) is 2.25. The lowest BCUT2D eigenvalue weighted by Gasteiger charge is -2.17. The Bertz CT molecular complexity index is 486. The molecule has 0 amide bonds.